The minimum atomic E-state index is -3.74. The maximum atomic E-state index is 12.6. The van der Waals surface area contributed by atoms with Gasteiger partial charge >= 0.3 is 0 Å². The van der Waals surface area contributed by atoms with Gasteiger partial charge in [0.2, 0.25) is 5.91 Å². The zero-order valence-corrected chi connectivity index (χ0v) is 13.7. The molecule has 3 rings (SSSR count). The van der Waals surface area contributed by atoms with Crippen LogP contribution in [0.3, 0.4) is 0 Å². The summed E-state index contributed by atoms with van der Waals surface area (Å²) in [5, 5.41) is 3.36. The van der Waals surface area contributed by atoms with Gasteiger partial charge in [0.05, 0.1) is 16.1 Å². The van der Waals surface area contributed by atoms with E-state index in [1.54, 1.807) is 54.7 Å². The monoisotopic (exact) mass is 341 g/mol. The van der Waals surface area contributed by atoms with Crippen LogP contribution in [-0.2, 0) is 14.8 Å². The van der Waals surface area contributed by atoms with Crippen LogP contribution in [0.5, 0.6) is 0 Å². The number of nitrogens with zero attached hydrogens (tertiary/aromatic N) is 1. The van der Waals surface area contributed by atoms with E-state index in [0.717, 1.165) is 10.9 Å². The van der Waals surface area contributed by atoms with Gasteiger partial charge in [0.1, 0.15) is 0 Å². The normalized spacial score (nSPS) is 11.2. The molecule has 7 heteroatoms. The molecule has 0 unspecified atom stereocenters. The SMILES string of the molecule is CC(=O)Nc1cccc(NS(=O)(=O)c2ccc3ncccc3c2)c1. The van der Waals surface area contributed by atoms with Crippen molar-refractivity contribution in [1.82, 2.24) is 4.98 Å². The first-order valence-electron chi connectivity index (χ1n) is 7.19. The molecule has 0 bridgehead atoms. The summed E-state index contributed by atoms with van der Waals surface area (Å²) < 4.78 is 27.6. The van der Waals surface area contributed by atoms with Gasteiger partial charge in [-0.1, -0.05) is 12.1 Å². The number of carbonyl (C=O) groups is 1. The van der Waals surface area contributed by atoms with Crippen molar-refractivity contribution in [3.05, 3.63) is 60.8 Å². The van der Waals surface area contributed by atoms with E-state index in [1.807, 2.05) is 0 Å². The molecule has 122 valence electrons. The lowest BCUT2D eigenvalue weighted by Crippen LogP contribution is -2.13. The lowest BCUT2D eigenvalue weighted by atomic mass is 10.2. The molecule has 0 fully saturated rings. The zero-order valence-electron chi connectivity index (χ0n) is 12.9. The second-order valence-electron chi connectivity index (χ2n) is 5.23. The van der Waals surface area contributed by atoms with Crippen molar-refractivity contribution >= 4 is 38.2 Å². The van der Waals surface area contributed by atoms with Gasteiger partial charge in [-0.3, -0.25) is 14.5 Å². The highest BCUT2D eigenvalue weighted by molar-refractivity contribution is 7.92. The van der Waals surface area contributed by atoms with E-state index in [0.29, 0.717) is 11.4 Å². The lowest BCUT2D eigenvalue weighted by Gasteiger charge is -2.10. The van der Waals surface area contributed by atoms with Gasteiger partial charge in [-0.15, -0.1) is 0 Å². The number of anilines is 2. The topological polar surface area (TPSA) is 88.2 Å². The second kappa shape index (κ2) is 6.29. The van der Waals surface area contributed by atoms with Gasteiger partial charge in [-0.05, 0) is 42.5 Å². The predicted octanol–water partition coefficient (Wildman–Crippen LogP) is 2.99. The van der Waals surface area contributed by atoms with E-state index in [4.69, 9.17) is 0 Å². The minimum Gasteiger partial charge on any atom is -0.326 e. The zero-order chi connectivity index (χ0) is 17.2. The summed E-state index contributed by atoms with van der Waals surface area (Å²) in [6, 6.07) is 14.8. The Hall–Kier alpha value is -2.93. The standard InChI is InChI=1S/C17H15N3O3S/c1-12(21)19-14-5-2-6-15(11-14)20-24(22,23)16-7-8-17-13(10-16)4-3-9-18-17/h2-11,20H,1H3,(H,19,21). The molecule has 0 radical (unpaired) electrons. The van der Waals surface area contributed by atoms with Gasteiger partial charge in [0, 0.05) is 24.2 Å². The van der Waals surface area contributed by atoms with E-state index in [-0.39, 0.29) is 10.8 Å². The number of hydrogen-bond donors (Lipinski definition) is 2. The Bertz CT molecular complexity index is 1020. The van der Waals surface area contributed by atoms with Crippen molar-refractivity contribution in [1.29, 1.82) is 0 Å². The molecule has 3 aromatic rings. The molecule has 2 aromatic carbocycles. The van der Waals surface area contributed by atoms with E-state index in [2.05, 4.69) is 15.0 Å². The number of benzene rings is 2. The molecule has 1 heterocycles. The number of amides is 1. The fraction of sp³-hybridized carbons (Fsp3) is 0.0588. The fourth-order valence-corrected chi connectivity index (χ4v) is 3.38. The minimum absolute atomic E-state index is 0.146. The summed E-state index contributed by atoms with van der Waals surface area (Å²) in [5.74, 6) is -0.225. The van der Waals surface area contributed by atoms with Crippen molar-refractivity contribution in [3.63, 3.8) is 0 Å². The van der Waals surface area contributed by atoms with Crippen LogP contribution in [0.2, 0.25) is 0 Å². The molecule has 0 spiro atoms. The smallest absolute Gasteiger partial charge is 0.261 e. The van der Waals surface area contributed by atoms with Crippen LogP contribution >= 0.6 is 0 Å². The van der Waals surface area contributed by atoms with Crippen molar-refractivity contribution in [2.45, 2.75) is 11.8 Å². The quantitative estimate of drug-likeness (QED) is 0.763. The molecule has 1 amide bonds. The van der Waals surface area contributed by atoms with Crippen LogP contribution in [0.15, 0.2) is 65.7 Å². The fourth-order valence-electron chi connectivity index (χ4n) is 2.30. The Labute approximate surface area is 139 Å². The molecule has 0 aliphatic rings. The van der Waals surface area contributed by atoms with Gasteiger partial charge < -0.3 is 5.32 Å². The number of nitrogens with one attached hydrogen (secondary N) is 2. The van der Waals surface area contributed by atoms with E-state index in [1.165, 1.54) is 13.0 Å². The Balaban J connectivity index is 1.91. The maximum Gasteiger partial charge on any atom is 0.261 e. The molecular weight excluding hydrogens is 326 g/mol. The van der Waals surface area contributed by atoms with E-state index < -0.39 is 10.0 Å². The number of fused-ring (bicyclic) bond motifs is 1. The Kier molecular flexibility index (Phi) is 4.18. The molecule has 24 heavy (non-hydrogen) atoms. The van der Waals surface area contributed by atoms with E-state index in [9.17, 15) is 13.2 Å². The number of sulfonamides is 1. The van der Waals surface area contributed by atoms with Crippen molar-refractivity contribution in [2.75, 3.05) is 10.0 Å². The van der Waals surface area contributed by atoms with Crippen molar-refractivity contribution in [3.8, 4) is 0 Å². The molecule has 0 aliphatic carbocycles. The highest BCUT2D eigenvalue weighted by Crippen LogP contribution is 2.22. The summed E-state index contributed by atoms with van der Waals surface area (Å²) in [5.41, 5.74) is 1.61. The summed E-state index contributed by atoms with van der Waals surface area (Å²) >= 11 is 0. The number of pyridine rings is 1. The van der Waals surface area contributed by atoms with Crippen molar-refractivity contribution in [2.24, 2.45) is 0 Å². The molecule has 0 saturated heterocycles. The van der Waals surface area contributed by atoms with Crippen LogP contribution in [0.4, 0.5) is 11.4 Å². The molecule has 2 N–H and O–H groups in total. The molecule has 0 saturated carbocycles. The third-order valence-corrected chi connectivity index (χ3v) is 4.70. The van der Waals surface area contributed by atoms with Gasteiger partial charge in [0.25, 0.3) is 10.0 Å². The summed E-state index contributed by atoms with van der Waals surface area (Å²) in [6.45, 7) is 1.39. The van der Waals surface area contributed by atoms with E-state index >= 15 is 0 Å². The van der Waals surface area contributed by atoms with Crippen molar-refractivity contribution < 1.29 is 13.2 Å². The number of rotatable bonds is 4. The largest absolute Gasteiger partial charge is 0.326 e. The third-order valence-electron chi connectivity index (χ3n) is 3.32. The molecule has 0 aliphatic heterocycles. The molecule has 1 aromatic heterocycles. The van der Waals surface area contributed by atoms with Crippen LogP contribution in [0.1, 0.15) is 6.92 Å². The van der Waals surface area contributed by atoms with Crippen LogP contribution in [-0.4, -0.2) is 19.3 Å². The summed E-state index contributed by atoms with van der Waals surface area (Å²) in [6.07, 6.45) is 1.66. The number of carbonyl (C=O) groups excluding carboxylic acids is 1. The van der Waals surface area contributed by atoms with Crippen LogP contribution < -0.4 is 10.0 Å². The number of aromatic nitrogens is 1. The van der Waals surface area contributed by atoms with Crippen LogP contribution in [0, 0.1) is 0 Å². The lowest BCUT2D eigenvalue weighted by molar-refractivity contribution is -0.114. The van der Waals surface area contributed by atoms with Gasteiger partial charge in [0.15, 0.2) is 0 Å². The maximum absolute atomic E-state index is 12.6. The second-order valence-corrected chi connectivity index (χ2v) is 6.91. The number of hydrogen-bond acceptors (Lipinski definition) is 4. The Morgan fingerprint density at radius 3 is 2.58 bits per heavy atom. The highest BCUT2D eigenvalue weighted by atomic mass is 32.2. The third kappa shape index (κ3) is 3.52. The van der Waals surface area contributed by atoms with Crippen LogP contribution in [0.25, 0.3) is 10.9 Å². The summed E-state index contributed by atoms with van der Waals surface area (Å²) in [7, 11) is -3.74. The Morgan fingerprint density at radius 1 is 1.00 bits per heavy atom. The Morgan fingerprint density at radius 2 is 1.79 bits per heavy atom. The first-order valence-corrected chi connectivity index (χ1v) is 8.68. The summed E-state index contributed by atoms with van der Waals surface area (Å²) in [4.78, 5) is 15.4. The average molecular weight is 341 g/mol. The first-order chi connectivity index (χ1) is 11.4. The average Bonchev–Trinajstić information content (AvgIpc) is 2.53. The predicted molar refractivity (Wildman–Crippen MR) is 93.3 cm³/mol. The van der Waals surface area contributed by atoms with Gasteiger partial charge in [-0.2, -0.15) is 0 Å². The molecule has 6 nitrogen and oxygen atoms in total. The first kappa shape index (κ1) is 15.9. The molecular formula is C17H15N3O3S. The van der Waals surface area contributed by atoms with Gasteiger partial charge in [-0.25, -0.2) is 8.42 Å². The highest BCUT2D eigenvalue weighted by Gasteiger charge is 2.15. The molecule has 0 atom stereocenters.